The van der Waals surface area contributed by atoms with Gasteiger partial charge in [-0.1, -0.05) is 35.9 Å². The molecule has 0 aliphatic heterocycles. The molecule has 0 unspecified atom stereocenters. The molecule has 2 heterocycles. The average Bonchev–Trinajstić information content (AvgIpc) is 3.12. The number of anilines is 1. The van der Waals surface area contributed by atoms with E-state index in [2.05, 4.69) is 5.32 Å². The number of rotatable bonds is 3. The summed E-state index contributed by atoms with van der Waals surface area (Å²) in [4.78, 5) is 12.2. The second kappa shape index (κ2) is 7.70. The van der Waals surface area contributed by atoms with Crippen LogP contribution in [0, 0.1) is 11.6 Å². The molecule has 31 heavy (non-hydrogen) atoms. The Morgan fingerprint density at radius 1 is 0.935 bits per heavy atom. The third-order valence-corrected chi connectivity index (χ3v) is 4.96. The van der Waals surface area contributed by atoms with Gasteiger partial charge in [-0.05, 0) is 48.0 Å². The van der Waals surface area contributed by atoms with Crippen molar-refractivity contribution in [3.63, 3.8) is 0 Å². The molecule has 0 aliphatic carbocycles. The second-order valence-corrected chi connectivity index (χ2v) is 7.03. The lowest BCUT2D eigenvalue weighted by molar-refractivity contribution is -0.137. The van der Waals surface area contributed by atoms with Gasteiger partial charge in [-0.2, -0.15) is 13.2 Å². The number of carbonyl (C=O) groups is 1. The van der Waals surface area contributed by atoms with Gasteiger partial charge in [0.15, 0.2) is 11.6 Å². The van der Waals surface area contributed by atoms with Crippen LogP contribution in [0.2, 0.25) is 5.15 Å². The minimum absolute atomic E-state index is 0.0990. The smallest absolute Gasteiger partial charge is 0.322 e. The van der Waals surface area contributed by atoms with Crippen molar-refractivity contribution in [2.24, 2.45) is 0 Å². The number of aromatic nitrogens is 1. The van der Waals surface area contributed by atoms with E-state index >= 15 is 0 Å². The van der Waals surface area contributed by atoms with Gasteiger partial charge in [0, 0.05) is 11.2 Å². The molecule has 2 aromatic carbocycles. The summed E-state index contributed by atoms with van der Waals surface area (Å²) in [5, 5.41) is 2.49. The zero-order valence-corrected chi connectivity index (χ0v) is 16.2. The van der Waals surface area contributed by atoms with Crippen LogP contribution < -0.4 is 5.32 Å². The summed E-state index contributed by atoms with van der Waals surface area (Å²) in [6.07, 6.45) is -4.62. The predicted octanol–water partition coefficient (Wildman–Crippen LogP) is 6.81. The van der Waals surface area contributed by atoms with Gasteiger partial charge in [-0.3, -0.25) is 9.20 Å². The lowest BCUT2D eigenvalue weighted by Crippen LogP contribution is -2.14. The molecule has 1 N–H and O–H groups in total. The standard InChI is InChI=1S/C22H12ClF5N2O/c23-18-6-1-3-14-11-16(22(26,27)28)20(30(14)18)12-7-9-13(10-8-12)29-21(31)15-4-2-5-17(24)19(15)25/h1-11H,(H,29,31). The molecule has 0 spiro atoms. The normalized spacial score (nSPS) is 11.7. The van der Waals surface area contributed by atoms with Gasteiger partial charge in [-0.25, -0.2) is 8.78 Å². The van der Waals surface area contributed by atoms with Crippen LogP contribution in [-0.2, 0) is 6.18 Å². The SMILES string of the molecule is O=C(Nc1ccc(-c2c(C(F)(F)F)cc3cccc(Cl)n23)cc1)c1cccc(F)c1F. The van der Waals surface area contributed by atoms with Gasteiger partial charge in [0.25, 0.3) is 5.91 Å². The third kappa shape index (κ3) is 3.86. The van der Waals surface area contributed by atoms with Crippen LogP contribution in [0.4, 0.5) is 27.6 Å². The van der Waals surface area contributed by atoms with Crippen LogP contribution in [0.3, 0.4) is 0 Å². The molecule has 2 aromatic heterocycles. The Kier molecular flexibility index (Phi) is 5.18. The molecule has 1 amide bonds. The highest BCUT2D eigenvalue weighted by molar-refractivity contribution is 6.30. The van der Waals surface area contributed by atoms with Crippen LogP contribution in [0.1, 0.15) is 15.9 Å². The third-order valence-electron chi connectivity index (χ3n) is 4.66. The quantitative estimate of drug-likeness (QED) is 0.270. The number of alkyl halides is 3. The first-order valence-corrected chi connectivity index (χ1v) is 9.27. The Bertz CT molecular complexity index is 1300. The first-order chi connectivity index (χ1) is 14.7. The van der Waals surface area contributed by atoms with E-state index < -0.39 is 34.8 Å². The van der Waals surface area contributed by atoms with E-state index in [0.29, 0.717) is 0 Å². The number of benzene rings is 2. The fourth-order valence-electron chi connectivity index (χ4n) is 3.27. The molecule has 158 valence electrons. The average molecular weight is 451 g/mol. The highest BCUT2D eigenvalue weighted by Gasteiger charge is 2.36. The second-order valence-electron chi connectivity index (χ2n) is 6.65. The maximum atomic E-state index is 13.8. The van der Waals surface area contributed by atoms with Crippen LogP contribution in [0.15, 0.2) is 66.7 Å². The van der Waals surface area contributed by atoms with Crippen LogP contribution in [0.25, 0.3) is 16.8 Å². The minimum atomic E-state index is -4.62. The Balaban J connectivity index is 1.71. The minimum Gasteiger partial charge on any atom is -0.322 e. The van der Waals surface area contributed by atoms with Gasteiger partial charge >= 0.3 is 6.18 Å². The Hall–Kier alpha value is -3.39. The van der Waals surface area contributed by atoms with Crippen LogP contribution >= 0.6 is 11.6 Å². The molecular formula is C22H12ClF5N2O. The molecule has 0 atom stereocenters. The summed E-state index contributed by atoms with van der Waals surface area (Å²) < 4.78 is 69.3. The maximum absolute atomic E-state index is 13.8. The predicted molar refractivity (Wildman–Crippen MR) is 107 cm³/mol. The van der Waals surface area contributed by atoms with Crippen molar-refractivity contribution >= 4 is 28.7 Å². The number of nitrogens with zero attached hydrogens (tertiary/aromatic N) is 1. The monoisotopic (exact) mass is 450 g/mol. The molecule has 9 heteroatoms. The molecule has 4 aromatic rings. The molecule has 0 radical (unpaired) electrons. The van der Waals surface area contributed by atoms with Crippen molar-refractivity contribution in [2.75, 3.05) is 5.32 Å². The van der Waals surface area contributed by atoms with E-state index in [1.54, 1.807) is 6.07 Å². The van der Waals surface area contributed by atoms with Gasteiger partial charge in [0.05, 0.1) is 16.8 Å². The van der Waals surface area contributed by atoms with Gasteiger partial charge in [0.2, 0.25) is 0 Å². The van der Waals surface area contributed by atoms with Crippen molar-refractivity contribution in [2.45, 2.75) is 6.18 Å². The van der Waals surface area contributed by atoms with E-state index in [-0.39, 0.29) is 27.6 Å². The first-order valence-electron chi connectivity index (χ1n) is 8.90. The van der Waals surface area contributed by atoms with E-state index in [1.807, 2.05) is 0 Å². The molecule has 0 saturated heterocycles. The van der Waals surface area contributed by atoms with Gasteiger partial charge in [-0.15, -0.1) is 0 Å². The zero-order chi connectivity index (χ0) is 22.3. The summed E-state index contributed by atoms with van der Waals surface area (Å²) in [5.74, 6) is -3.35. The zero-order valence-electron chi connectivity index (χ0n) is 15.5. The number of halogens is 6. The van der Waals surface area contributed by atoms with Crippen molar-refractivity contribution in [3.05, 3.63) is 94.6 Å². The molecule has 0 aliphatic rings. The van der Waals surface area contributed by atoms with E-state index in [1.165, 1.54) is 46.9 Å². The number of carbonyl (C=O) groups excluding carboxylic acids is 1. The van der Waals surface area contributed by atoms with Gasteiger partial charge in [0.1, 0.15) is 5.15 Å². The molecule has 4 rings (SSSR count). The lowest BCUT2D eigenvalue weighted by atomic mass is 10.1. The van der Waals surface area contributed by atoms with Crippen molar-refractivity contribution in [1.29, 1.82) is 0 Å². The Morgan fingerprint density at radius 3 is 2.29 bits per heavy atom. The molecule has 0 saturated carbocycles. The molecular weight excluding hydrogens is 439 g/mol. The van der Waals surface area contributed by atoms with E-state index in [4.69, 9.17) is 11.6 Å². The summed E-state index contributed by atoms with van der Waals surface area (Å²) >= 11 is 6.14. The highest BCUT2D eigenvalue weighted by Crippen LogP contribution is 2.40. The number of pyridine rings is 1. The molecule has 0 fully saturated rings. The van der Waals surface area contributed by atoms with Crippen molar-refractivity contribution < 1.29 is 26.7 Å². The van der Waals surface area contributed by atoms with Crippen molar-refractivity contribution in [3.8, 4) is 11.3 Å². The number of hydrogen-bond donors (Lipinski definition) is 1. The topological polar surface area (TPSA) is 33.5 Å². The summed E-state index contributed by atoms with van der Waals surface area (Å²) in [5.41, 5.74) is -0.837. The van der Waals surface area contributed by atoms with Crippen LogP contribution in [-0.4, -0.2) is 10.3 Å². The number of amides is 1. The number of hydrogen-bond acceptors (Lipinski definition) is 1. The maximum Gasteiger partial charge on any atom is 0.418 e. The van der Waals surface area contributed by atoms with E-state index in [9.17, 15) is 26.7 Å². The largest absolute Gasteiger partial charge is 0.418 e. The number of fused-ring (bicyclic) bond motifs is 1. The fraction of sp³-hybridized carbons (Fsp3) is 0.0455. The van der Waals surface area contributed by atoms with Gasteiger partial charge < -0.3 is 5.32 Å². The van der Waals surface area contributed by atoms with Crippen molar-refractivity contribution in [1.82, 2.24) is 4.40 Å². The molecule has 3 nitrogen and oxygen atoms in total. The lowest BCUT2D eigenvalue weighted by Gasteiger charge is -2.12. The van der Waals surface area contributed by atoms with Crippen LogP contribution in [0.5, 0.6) is 0 Å². The molecule has 0 bridgehead atoms. The summed E-state index contributed by atoms with van der Waals surface area (Å²) in [7, 11) is 0. The first kappa shape index (κ1) is 20.9. The Morgan fingerprint density at radius 2 is 1.61 bits per heavy atom. The Labute approximate surface area is 177 Å². The van der Waals surface area contributed by atoms with E-state index in [0.717, 1.165) is 18.2 Å². The summed E-state index contributed by atoms with van der Waals surface area (Å²) in [6, 6.07) is 14.2. The summed E-state index contributed by atoms with van der Waals surface area (Å²) in [6.45, 7) is 0. The highest BCUT2D eigenvalue weighted by atomic mass is 35.5. The fourth-order valence-corrected chi connectivity index (χ4v) is 3.53. The number of nitrogens with one attached hydrogen (secondary N) is 1.